The van der Waals surface area contributed by atoms with Crippen LogP contribution in [0, 0.1) is 0 Å². The van der Waals surface area contributed by atoms with E-state index in [9.17, 15) is 9.59 Å². The highest BCUT2D eigenvalue weighted by atomic mass is 32.2. The number of benzene rings is 1. The first-order valence-electron chi connectivity index (χ1n) is 9.94. The van der Waals surface area contributed by atoms with Crippen molar-refractivity contribution in [3.63, 3.8) is 0 Å². The smallest absolute Gasteiger partial charge is 0.270 e. The molecule has 2 aromatic rings. The number of rotatable bonds is 4. The van der Waals surface area contributed by atoms with Crippen LogP contribution in [-0.4, -0.2) is 47.9 Å². The normalized spacial score (nSPS) is 23.3. The minimum absolute atomic E-state index is 0.0343. The molecule has 162 valence electrons. The summed E-state index contributed by atoms with van der Waals surface area (Å²) in [5, 5.41) is 5.60. The molecule has 3 heterocycles. The van der Waals surface area contributed by atoms with Gasteiger partial charge in [-0.3, -0.25) is 19.4 Å². The number of amides is 1. The van der Waals surface area contributed by atoms with Crippen molar-refractivity contribution in [2.75, 3.05) is 31.9 Å². The minimum atomic E-state index is -0.349. The standard InChI is InChI=1S/C21H27N3O5S/c1-21(2)10-12(7-8-29-21)24-19-17(20(26)23-24)18(30-11-16(25)22-19)14-6-5-13(27-3)9-15(14)28-4/h5-6,9,12,18H,7-8,10-11H2,1-4H3,(H,22,25)(H,23,26)/t12-,18-/m0/s1. The fourth-order valence-corrected chi connectivity index (χ4v) is 5.37. The number of nitrogens with zero attached hydrogens (tertiary/aromatic N) is 1. The molecule has 0 bridgehead atoms. The van der Waals surface area contributed by atoms with Crippen molar-refractivity contribution in [3.05, 3.63) is 39.7 Å². The lowest BCUT2D eigenvalue weighted by Gasteiger charge is -2.36. The summed E-state index contributed by atoms with van der Waals surface area (Å²) in [6.07, 6.45) is 1.50. The number of fused-ring (bicyclic) bond motifs is 1. The topological polar surface area (TPSA) is 94.6 Å². The summed E-state index contributed by atoms with van der Waals surface area (Å²) >= 11 is 1.41. The predicted octanol–water partition coefficient (Wildman–Crippen LogP) is 3.10. The number of anilines is 1. The summed E-state index contributed by atoms with van der Waals surface area (Å²) in [5.74, 6) is 1.94. The Morgan fingerprint density at radius 2 is 2.03 bits per heavy atom. The van der Waals surface area contributed by atoms with Gasteiger partial charge in [-0.2, -0.15) is 0 Å². The Kier molecular flexibility index (Phi) is 5.59. The number of hydrogen-bond acceptors (Lipinski definition) is 6. The van der Waals surface area contributed by atoms with Gasteiger partial charge in [0.25, 0.3) is 5.56 Å². The van der Waals surface area contributed by atoms with E-state index in [1.54, 1.807) is 20.3 Å². The maximum atomic E-state index is 13.1. The van der Waals surface area contributed by atoms with Crippen molar-refractivity contribution >= 4 is 23.5 Å². The largest absolute Gasteiger partial charge is 0.497 e. The number of aromatic nitrogens is 2. The molecule has 9 heteroatoms. The lowest BCUT2D eigenvalue weighted by molar-refractivity contribution is -0.113. The molecule has 0 aliphatic carbocycles. The van der Waals surface area contributed by atoms with Gasteiger partial charge in [0.15, 0.2) is 0 Å². The number of aromatic amines is 1. The molecular formula is C21H27N3O5S. The van der Waals surface area contributed by atoms with Crippen LogP contribution in [0.1, 0.15) is 49.1 Å². The Labute approximate surface area is 179 Å². The van der Waals surface area contributed by atoms with Crippen molar-refractivity contribution in [2.45, 2.75) is 43.6 Å². The van der Waals surface area contributed by atoms with E-state index >= 15 is 0 Å². The van der Waals surface area contributed by atoms with Crippen LogP contribution in [0.15, 0.2) is 23.0 Å². The Balaban J connectivity index is 1.82. The van der Waals surface area contributed by atoms with Crippen LogP contribution in [0.2, 0.25) is 0 Å². The number of ether oxygens (including phenoxy) is 3. The van der Waals surface area contributed by atoms with Crippen LogP contribution in [0.5, 0.6) is 11.5 Å². The summed E-state index contributed by atoms with van der Waals surface area (Å²) < 4.78 is 18.5. The highest BCUT2D eigenvalue weighted by molar-refractivity contribution is 8.00. The third kappa shape index (κ3) is 3.83. The number of carbonyl (C=O) groups excluding carboxylic acids is 1. The van der Waals surface area contributed by atoms with Gasteiger partial charge in [-0.25, -0.2) is 0 Å². The molecule has 2 aliphatic heterocycles. The Morgan fingerprint density at radius 1 is 1.23 bits per heavy atom. The number of H-pyrrole nitrogens is 1. The summed E-state index contributed by atoms with van der Waals surface area (Å²) in [5.41, 5.74) is 0.876. The molecule has 2 atom stereocenters. The molecule has 2 N–H and O–H groups in total. The van der Waals surface area contributed by atoms with Gasteiger partial charge in [-0.15, -0.1) is 11.8 Å². The first-order valence-corrected chi connectivity index (χ1v) is 11.0. The van der Waals surface area contributed by atoms with E-state index in [4.69, 9.17) is 14.2 Å². The predicted molar refractivity (Wildman–Crippen MR) is 116 cm³/mol. The molecule has 2 aliphatic rings. The second-order valence-electron chi connectivity index (χ2n) is 8.18. The van der Waals surface area contributed by atoms with E-state index in [1.807, 2.05) is 30.7 Å². The number of nitrogens with one attached hydrogen (secondary N) is 2. The van der Waals surface area contributed by atoms with Gasteiger partial charge in [-0.1, -0.05) is 6.07 Å². The molecule has 1 aromatic heterocycles. The zero-order chi connectivity index (χ0) is 21.5. The van der Waals surface area contributed by atoms with E-state index in [0.717, 1.165) is 18.4 Å². The minimum Gasteiger partial charge on any atom is -0.497 e. The van der Waals surface area contributed by atoms with Gasteiger partial charge in [0.2, 0.25) is 5.91 Å². The molecular weight excluding hydrogens is 406 g/mol. The summed E-state index contributed by atoms with van der Waals surface area (Å²) in [7, 11) is 3.18. The van der Waals surface area contributed by atoms with Crippen molar-refractivity contribution in [1.82, 2.24) is 9.78 Å². The fourth-order valence-electron chi connectivity index (χ4n) is 4.22. The number of thioether (sulfide) groups is 1. The fraction of sp³-hybridized carbons (Fsp3) is 0.524. The highest BCUT2D eigenvalue weighted by Crippen LogP contribution is 2.45. The second kappa shape index (κ2) is 8.03. The molecule has 4 rings (SSSR count). The average molecular weight is 434 g/mol. The molecule has 0 radical (unpaired) electrons. The Hall–Kier alpha value is -2.39. The van der Waals surface area contributed by atoms with Gasteiger partial charge in [0.05, 0.1) is 42.4 Å². The Bertz CT molecular complexity index is 1010. The van der Waals surface area contributed by atoms with Gasteiger partial charge in [0.1, 0.15) is 17.3 Å². The first-order chi connectivity index (χ1) is 14.3. The quantitative estimate of drug-likeness (QED) is 0.770. The van der Waals surface area contributed by atoms with E-state index < -0.39 is 0 Å². The van der Waals surface area contributed by atoms with Crippen molar-refractivity contribution in [3.8, 4) is 11.5 Å². The van der Waals surface area contributed by atoms with E-state index in [-0.39, 0.29) is 34.1 Å². The van der Waals surface area contributed by atoms with Gasteiger partial charge < -0.3 is 19.5 Å². The summed E-state index contributed by atoms with van der Waals surface area (Å²) in [4.78, 5) is 25.6. The second-order valence-corrected chi connectivity index (χ2v) is 9.27. The zero-order valence-corrected chi connectivity index (χ0v) is 18.4. The maximum absolute atomic E-state index is 13.1. The molecule has 1 saturated heterocycles. The number of methoxy groups -OCH3 is 2. The third-order valence-corrected chi connectivity index (χ3v) is 6.87. The van der Waals surface area contributed by atoms with Gasteiger partial charge >= 0.3 is 0 Å². The molecule has 1 fully saturated rings. The molecule has 30 heavy (non-hydrogen) atoms. The zero-order valence-electron chi connectivity index (χ0n) is 17.6. The third-order valence-electron chi connectivity index (χ3n) is 5.62. The molecule has 1 amide bonds. The van der Waals surface area contributed by atoms with Gasteiger partial charge in [-0.05, 0) is 32.8 Å². The van der Waals surface area contributed by atoms with Crippen LogP contribution in [0.25, 0.3) is 0 Å². The molecule has 1 aromatic carbocycles. The van der Waals surface area contributed by atoms with E-state index in [1.165, 1.54) is 11.8 Å². The first kappa shape index (κ1) is 20.9. The average Bonchev–Trinajstić information content (AvgIpc) is 2.92. The molecule has 0 unspecified atom stereocenters. The SMILES string of the molecule is COc1ccc([C@@H]2SCC(=O)Nc3c2c(=O)[nH]n3[C@H]2CCOC(C)(C)C2)c(OC)c1. The highest BCUT2D eigenvalue weighted by Gasteiger charge is 2.36. The maximum Gasteiger partial charge on any atom is 0.270 e. The van der Waals surface area contributed by atoms with Crippen molar-refractivity contribution < 1.29 is 19.0 Å². The van der Waals surface area contributed by atoms with E-state index in [2.05, 4.69) is 10.4 Å². The number of carbonyl (C=O) groups is 1. The molecule has 0 spiro atoms. The van der Waals surface area contributed by atoms with Gasteiger partial charge in [0, 0.05) is 18.2 Å². The van der Waals surface area contributed by atoms with Crippen LogP contribution in [0.3, 0.4) is 0 Å². The van der Waals surface area contributed by atoms with Crippen LogP contribution < -0.4 is 20.3 Å². The summed E-state index contributed by atoms with van der Waals surface area (Å²) in [6.45, 7) is 4.68. The van der Waals surface area contributed by atoms with E-state index in [0.29, 0.717) is 29.5 Å². The lowest BCUT2D eigenvalue weighted by Crippen LogP contribution is -2.36. The summed E-state index contributed by atoms with van der Waals surface area (Å²) in [6, 6.07) is 5.56. The van der Waals surface area contributed by atoms with Crippen molar-refractivity contribution in [1.29, 1.82) is 0 Å². The van der Waals surface area contributed by atoms with Crippen molar-refractivity contribution in [2.24, 2.45) is 0 Å². The van der Waals surface area contributed by atoms with Crippen LogP contribution in [-0.2, 0) is 9.53 Å². The molecule has 0 saturated carbocycles. The molecule has 8 nitrogen and oxygen atoms in total. The monoisotopic (exact) mass is 433 g/mol. The lowest BCUT2D eigenvalue weighted by atomic mass is 9.94. The Morgan fingerprint density at radius 3 is 2.73 bits per heavy atom. The van der Waals surface area contributed by atoms with Crippen LogP contribution >= 0.6 is 11.8 Å². The number of hydrogen-bond donors (Lipinski definition) is 2. The van der Waals surface area contributed by atoms with Crippen LogP contribution in [0.4, 0.5) is 5.82 Å².